The van der Waals surface area contributed by atoms with Gasteiger partial charge in [-0.15, -0.1) is 0 Å². The summed E-state index contributed by atoms with van der Waals surface area (Å²) in [6.07, 6.45) is 0. The SMILES string of the molecule is CCN(C(=O)c1ccccc1NC(=O)c1cc(C)no1)c1ccccc1. The molecule has 0 radical (unpaired) electrons. The fraction of sp³-hybridized carbons (Fsp3) is 0.150. The molecule has 0 spiro atoms. The fourth-order valence-corrected chi connectivity index (χ4v) is 2.63. The summed E-state index contributed by atoms with van der Waals surface area (Å²) in [4.78, 5) is 27.1. The van der Waals surface area contributed by atoms with Crippen LogP contribution in [-0.4, -0.2) is 23.5 Å². The van der Waals surface area contributed by atoms with E-state index in [1.807, 2.05) is 37.3 Å². The molecule has 0 bridgehead atoms. The summed E-state index contributed by atoms with van der Waals surface area (Å²) in [5.41, 5.74) is 2.24. The van der Waals surface area contributed by atoms with Gasteiger partial charge in [-0.2, -0.15) is 0 Å². The Balaban J connectivity index is 1.88. The molecule has 1 heterocycles. The van der Waals surface area contributed by atoms with Crippen molar-refractivity contribution in [2.75, 3.05) is 16.8 Å². The predicted molar refractivity (Wildman–Crippen MR) is 99.4 cm³/mol. The molecule has 6 nitrogen and oxygen atoms in total. The number of aryl methyl sites for hydroxylation is 1. The average molecular weight is 349 g/mol. The minimum Gasteiger partial charge on any atom is -0.351 e. The molecule has 0 aliphatic rings. The van der Waals surface area contributed by atoms with E-state index in [1.54, 1.807) is 42.2 Å². The number of aromatic nitrogens is 1. The summed E-state index contributed by atoms with van der Waals surface area (Å²) >= 11 is 0. The van der Waals surface area contributed by atoms with Gasteiger partial charge in [0, 0.05) is 18.3 Å². The highest BCUT2D eigenvalue weighted by atomic mass is 16.5. The molecule has 3 rings (SSSR count). The second kappa shape index (κ2) is 7.65. The van der Waals surface area contributed by atoms with Crippen molar-refractivity contribution in [3.05, 3.63) is 77.7 Å². The number of para-hydroxylation sites is 2. The maximum Gasteiger partial charge on any atom is 0.294 e. The van der Waals surface area contributed by atoms with E-state index in [0.717, 1.165) is 5.69 Å². The standard InChI is InChI=1S/C20H19N3O3/c1-3-23(15-9-5-4-6-10-15)20(25)16-11-7-8-12-17(16)21-19(24)18-13-14(2)22-26-18/h4-13H,3H2,1-2H3,(H,21,24). The van der Waals surface area contributed by atoms with E-state index in [-0.39, 0.29) is 11.7 Å². The van der Waals surface area contributed by atoms with Gasteiger partial charge in [0.1, 0.15) is 0 Å². The van der Waals surface area contributed by atoms with Crippen LogP contribution >= 0.6 is 0 Å². The highest BCUT2D eigenvalue weighted by Crippen LogP contribution is 2.22. The number of benzene rings is 2. The molecule has 3 aromatic rings. The molecule has 2 aromatic carbocycles. The van der Waals surface area contributed by atoms with Crippen molar-refractivity contribution in [2.45, 2.75) is 13.8 Å². The quantitative estimate of drug-likeness (QED) is 0.758. The maximum absolute atomic E-state index is 13.1. The number of anilines is 2. The first-order valence-corrected chi connectivity index (χ1v) is 8.30. The van der Waals surface area contributed by atoms with Crippen molar-refractivity contribution in [3.63, 3.8) is 0 Å². The van der Waals surface area contributed by atoms with Crippen LogP contribution in [0.4, 0.5) is 11.4 Å². The largest absolute Gasteiger partial charge is 0.351 e. The van der Waals surface area contributed by atoms with E-state index in [4.69, 9.17) is 4.52 Å². The number of nitrogens with zero attached hydrogens (tertiary/aromatic N) is 2. The monoisotopic (exact) mass is 349 g/mol. The van der Waals surface area contributed by atoms with Crippen molar-refractivity contribution < 1.29 is 14.1 Å². The number of hydrogen-bond acceptors (Lipinski definition) is 4. The van der Waals surface area contributed by atoms with E-state index in [0.29, 0.717) is 23.5 Å². The lowest BCUT2D eigenvalue weighted by molar-refractivity contribution is 0.0988. The molecular weight excluding hydrogens is 330 g/mol. The minimum absolute atomic E-state index is 0.0974. The van der Waals surface area contributed by atoms with Gasteiger partial charge in [0.2, 0.25) is 5.76 Å². The van der Waals surface area contributed by atoms with E-state index >= 15 is 0 Å². The zero-order valence-corrected chi connectivity index (χ0v) is 14.6. The molecule has 1 N–H and O–H groups in total. The summed E-state index contributed by atoms with van der Waals surface area (Å²) < 4.78 is 4.98. The fourth-order valence-electron chi connectivity index (χ4n) is 2.63. The Bertz CT molecular complexity index is 919. The number of carbonyl (C=O) groups excluding carboxylic acids is 2. The summed E-state index contributed by atoms with van der Waals surface area (Å²) in [7, 11) is 0. The van der Waals surface area contributed by atoms with Crippen LogP contribution in [0.25, 0.3) is 0 Å². The second-order valence-electron chi connectivity index (χ2n) is 5.72. The lowest BCUT2D eigenvalue weighted by Gasteiger charge is -2.22. The molecule has 26 heavy (non-hydrogen) atoms. The Hall–Kier alpha value is -3.41. The number of carbonyl (C=O) groups is 2. The Morgan fingerprint density at radius 2 is 1.77 bits per heavy atom. The molecule has 0 saturated heterocycles. The molecule has 0 unspecified atom stereocenters. The minimum atomic E-state index is -0.450. The van der Waals surface area contributed by atoms with Gasteiger partial charge in [0.05, 0.1) is 16.9 Å². The number of nitrogens with one attached hydrogen (secondary N) is 1. The molecule has 6 heteroatoms. The smallest absolute Gasteiger partial charge is 0.294 e. The van der Waals surface area contributed by atoms with E-state index in [9.17, 15) is 9.59 Å². The predicted octanol–water partition coefficient (Wildman–Crippen LogP) is 3.90. The topological polar surface area (TPSA) is 75.4 Å². The molecule has 0 saturated carbocycles. The van der Waals surface area contributed by atoms with E-state index in [2.05, 4.69) is 10.5 Å². The Morgan fingerprint density at radius 3 is 2.42 bits per heavy atom. The van der Waals surface area contributed by atoms with Crippen LogP contribution in [0.1, 0.15) is 33.5 Å². The molecule has 0 aliphatic carbocycles. The van der Waals surface area contributed by atoms with Crippen LogP contribution in [0.3, 0.4) is 0 Å². The summed E-state index contributed by atoms with van der Waals surface area (Å²) in [5.74, 6) is -0.544. The lowest BCUT2D eigenvalue weighted by atomic mass is 10.1. The molecule has 2 amide bonds. The Kier molecular flexibility index (Phi) is 5.12. The van der Waals surface area contributed by atoms with Crippen LogP contribution in [0, 0.1) is 6.92 Å². The molecule has 132 valence electrons. The highest BCUT2D eigenvalue weighted by molar-refractivity contribution is 6.12. The molecule has 1 aromatic heterocycles. The first-order chi connectivity index (χ1) is 12.6. The molecule has 0 aliphatic heterocycles. The van der Waals surface area contributed by atoms with E-state index < -0.39 is 5.91 Å². The summed E-state index contributed by atoms with van der Waals surface area (Å²) in [6, 6.07) is 17.9. The van der Waals surface area contributed by atoms with Gasteiger partial charge in [0.25, 0.3) is 11.8 Å². The van der Waals surface area contributed by atoms with Crippen molar-refractivity contribution in [1.82, 2.24) is 5.16 Å². The van der Waals surface area contributed by atoms with Gasteiger partial charge in [-0.3, -0.25) is 9.59 Å². The number of amides is 2. The van der Waals surface area contributed by atoms with Crippen molar-refractivity contribution in [3.8, 4) is 0 Å². The third-order valence-corrected chi connectivity index (χ3v) is 3.89. The molecular formula is C20H19N3O3. The van der Waals surface area contributed by atoms with Gasteiger partial charge in [-0.1, -0.05) is 35.5 Å². The molecule has 0 fully saturated rings. The van der Waals surface area contributed by atoms with Crippen molar-refractivity contribution in [1.29, 1.82) is 0 Å². The van der Waals surface area contributed by atoms with Gasteiger partial charge >= 0.3 is 0 Å². The van der Waals surface area contributed by atoms with Gasteiger partial charge in [-0.05, 0) is 38.1 Å². The third-order valence-electron chi connectivity index (χ3n) is 3.89. The summed E-state index contributed by atoms with van der Waals surface area (Å²) in [6.45, 7) is 4.15. The average Bonchev–Trinajstić information content (AvgIpc) is 3.10. The zero-order chi connectivity index (χ0) is 18.5. The van der Waals surface area contributed by atoms with Crippen LogP contribution in [-0.2, 0) is 0 Å². The van der Waals surface area contributed by atoms with Crippen LogP contribution in [0.2, 0.25) is 0 Å². The van der Waals surface area contributed by atoms with Crippen LogP contribution in [0.15, 0.2) is 65.2 Å². The first kappa shape index (κ1) is 17.4. The highest BCUT2D eigenvalue weighted by Gasteiger charge is 2.21. The normalized spacial score (nSPS) is 10.4. The number of hydrogen-bond donors (Lipinski definition) is 1. The van der Waals surface area contributed by atoms with Crippen LogP contribution < -0.4 is 10.2 Å². The van der Waals surface area contributed by atoms with Crippen molar-refractivity contribution in [2.24, 2.45) is 0 Å². The van der Waals surface area contributed by atoms with Gasteiger partial charge < -0.3 is 14.7 Å². The van der Waals surface area contributed by atoms with Gasteiger partial charge in [-0.25, -0.2) is 0 Å². The third kappa shape index (κ3) is 3.64. The second-order valence-corrected chi connectivity index (χ2v) is 5.72. The zero-order valence-electron chi connectivity index (χ0n) is 14.6. The Labute approximate surface area is 151 Å². The van der Waals surface area contributed by atoms with Gasteiger partial charge in [0.15, 0.2) is 0 Å². The lowest BCUT2D eigenvalue weighted by Crippen LogP contribution is -2.31. The van der Waals surface area contributed by atoms with E-state index in [1.165, 1.54) is 0 Å². The first-order valence-electron chi connectivity index (χ1n) is 8.30. The molecule has 0 atom stereocenters. The Morgan fingerprint density at radius 1 is 1.08 bits per heavy atom. The summed E-state index contributed by atoms with van der Waals surface area (Å²) in [5, 5.41) is 6.44. The maximum atomic E-state index is 13.1. The number of rotatable bonds is 5. The van der Waals surface area contributed by atoms with Crippen LogP contribution in [0.5, 0.6) is 0 Å². The van der Waals surface area contributed by atoms with Crippen molar-refractivity contribution >= 4 is 23.2 Å².